The van der Waals surface area contributed by atoms with Crippen LogP contribution in [0, 0.1) is 6.07 Å². The lowest BCUT2D eigenvalue weighted by Gasteiger charge is -2.07. The van der Waals surface area contributed by atoms with Gasteiger partial charge in [0.25, 0.3) is 0 Å². The van der Waals surface area contributed by atoms with E-state index in [1.807, 2.05) is 36.4 Å². The summed E-state index contributed by atoms with van der Waals surface area (Å²) in [6, 6.07) is 17.7. The van der Waals surface area contributed by atoms with E-state index in [1.54, 1.807) is 12.1 Å². The summed E-state index contributed by atoms with van der Waals surface area (Å²) in [5, 5.41) is 0.701. The maximum absolute atomic E-state index is 5.77. The smallest absolute Gasteiger partial charge is 0.127 e. The van der Waals surface area contributed by atoms with Crippen LogP contribution in [-0.2, 0) is 0 Å². The first kappa shape index (κ1) is 11.8. The molecule has 0 spiro atoms. The summed E-state index contributed by atoms with van der Waals surface area (Å²) in [6.45, 7) is 0.980. The summed E-state index contributed by atoms with van der Waals surface area (Å²) in [5.41, 5.74) is 0. The molecule has 0 aliphatic rings. The minimum Gasteiger partial charge on any atom is -0.490 e. The molecule has 0 aliphatic carbocycles. The highest BCUT2D eigenvalue weighted by Crippen LogP contribution is 2.15. The number of ether oxygens (including phenoxy) is 2. The highest BCUT2D eigenvalue weighted by Gasteiger charge is 1.95. The van der Waals surface area contributed by atoms with Crippen molar-refractivity contribution in [3.8, 4) is 11.5 Å². The monoisotopic (exact) mass is 247 g/mol. The van der Waals surface area contributed by atoms with Gasteiger partial charge in [0.1, 0.15) is 24.7 Å². The van der Waals surface area contributed by atoms with E-state index in [4.69, 9.17) is 21.1 Å². The molecule has 0 N–H and O–H groups in total. The van der Waals surface area contributed by atoms with Crippen molar-refractivity contribution < 1.29 is 9.47 Å². The number of benzene rings is 2. The second-order valence-electron chi connectivity index (χ2n) is 3.38. The van der Waals surface area contributed by atoms with Crippen LogP contribution in [0.4, 0.5) is 0 Å². The molecular weight excluding hydrogens is 236 g/mol. The quantitative estimate of drug-likeness (QED) is 0.752. The molecule has 3 heteroatoms. The minimum absolute atomic E-state index is 0.489. The number of halogens is 1. The Bertz CT molecular complexity index is 440. The van der Waals surface area contributed by atoms with E-state index in [2.05, 4.69) is 6.07 Å². The zero-order valence-corrected chi connectivity index (χ0v) is 9.98. The molecule has 2 nitrogen and oxygen atoms in total. The largest absolute Gasteiger partial charge is 0.490 e. The summed E-state index contributed by atoms with van der Waals surface area (Å²) in [4.78, 5) is 0. The average Bonchev–Trinajstić information content (AvgIpc) is 2.38. The normalized spacial score (nSPS) is 9.94. The summed E-state index contributed by atoms with van der Waals surface area (Å²) < 4.78 is 10.9. The molecule has 87 valence electrons. The predicted molar refractivity (Wildman–Crippen MR) is 67.7 cm³/mol. The van der Waals surface area contributed by atoms with Crippen molar-refractivity contribution in [2.24, 2.45) is 0 Å². The van der Waals surface area contributed by atoms with E-state index in [0.29, 0.717) is 18.2 Å². The zero-order chi connectivity index (χ0) is 11.9. The Morgan fingerprint density at radius 2 is 1.71 bits per heavy atom. The molecule has 0 aromatic heterocycles. The summed E-state index contributed by atoms with van der Waals surface area (Å²) in [6.07, 6.45) is 0. The van der Waals surface area contributed by atoms with Gasteiger partial charge in [-0.1, -0.05) is 29.8 Å². The maximum atomic E-state index is 5.77. The molecule has 0 amide bonds. The van der Waals surface area contributed by atoms with Crippen LogP contribution < -0.4 is 9.47 Å². The molecule has 0 saturated heterocycles. The fraction of sp³-hybridized carbons (Fsp3) is 0.143. The molecule has 2 aromatic carbocycles. The SMILES string of the molecule is Clc1ccc(OCCOc2[c]cccc2)cc1. The van der Waals surface area contributed by atoms with Crippen LogP contribution in [0.3, 0.4) is 0 Å². The number of hydrogen-bond acceptors (Lipinski definition) is 2. The summed E-state index contributed by atoms with van der Waals surface area (Å²) in [5.74, 6) is 1.52. The summed E-state index contributed by atoms with van der Waals surface area (Å²) >= 11 is 5.77. The van der Waals surface area contributed by atoms with Crippen molar-refractivity contribution in [3.05, 3.63) is 59.6 Å². The van der Waals surface area contributed by atoms with Crippen molar-refractivity contribution in [2.75, 3.05) is 13.2 Å². The molecule has 0 saturated carbocycles. The Morgan fingerprint density at radius 1 is 0.941 bits per heavy atom. The van der Waals surface area contributed by atoms with Gasteiger partial charge in [-0.25, -0.2) is 0 Å². The van der Waals surface area contributed by atoms with E-state index in [-0.39, 0.29) is 0 Å². The second-order valence-corrected chi connectivity index (χ2v) is 3.81. The van der Waals surface area contributed by atoms with Gasteiger partial charge in [0, 0.05) is 11.1 Å². The maximum Gasteiger partial charge on any atom is 0.127 e. The highest BCUT2D eigenvalue weighted by molar-refractivity contribution is 6.30. The molecule has 0 heterocycles. The fourth-order valence-electron chi connectivity index (χ4n) is 1.31. The lowest BCUT2D eigenvalue weighted by atomic mass is 10.3. The first-order chi connectivity index (χ1) is 8.34. The van der Waals surface area contributed by atoms with Crippen LogP contribution in [0.5, 0.6) is 11.5 Å². The van der Waals surface area contributed by atoms with Gasteiger partial charge in [0.15, 0.2) is 0 Å². The van der Waals surface area contributed by atoms with E-state index in [0.717, 1.165) is 11.5 Å². The molecule has 17 heavy (non-hydrogen) atoms. The molecule has 0 fully saturated rings. The Morgan fingerprint density at radius 3 is 2.41 bits per heavy atom. The van der Waals surface area contributed by atoms with Gasteiger partial charge in [-0.15, -0.1) is 0 Å². The van der Waals surface area contributed by atoms with E-state index in [1.165, 1.54) is 0 Å². The Labute approximate surface area is 106 Å². The lowest BCUT2D eigenvalue weighted by Crippen LogP contribution is -2.08. The molecule has 2 aromatic rings. The fourth-order valence-corrected chi connectivity index (χ4v) is 1.43. The van der Waals surface area contributed by atoms with Gasteiger partial charge >= 0.3 is 0 Å². The van der Waals surface area contributed by atoms with E-state index in [9.17, 15) is 0 Å². The van der Waals surface area contributed by atoms with Gasteiger partial charge < -0.3 is 9.47 Å². The van der Waals surface area contributed by atoms with Crippen LogP contribution in [0.2, 0.25) is 5.02 Å². The number of rotatable bonds is 5. The van der Waals surface area contributed by atoms with Crippen molar-refractivity contribution in [1.82, 2.24) is 0 Å². The van der Waals surface area contributed by atoms with Crippen LogP contribution in [0.1, 0.15) is 0 Å². The minimum atomic E-state index is 0.489. The van der Waals surface area contributed by atoms with Crippen molar-refractivity contribution >= 4 is 11.6 Å². The molecule has 2 rings (SSSR count). The molecule has 1 radical (unpaired) electrons. The molecular formula is C14H12ClO2. The van der Waals surface area contributed by atoms with Crippen LogP contribution in [-0.4, -0.2) is 13.2 Å². The average molecular weight is 248 g/mol. The Hall–Kier alpha value is -1.67. The van der Waals surface area contributed by atoms with Gasteiger partial charge in [-0.05, 0) is 30.3 Å². The standard InChI is InChI=1S/C14H12ClO2/c15-12-6-8-14(9-7-12)17-11-10-16-13-4-2-1-3-5-13/h1-4,6-9H,10-11H2. The molecule has 0 bridgehead atoms. The van der Waals surface area contributed by atoms with Gasteiger partial charge in [0.2, 0.25) is 0 Å². The van der Waals surface area contributed by atoms with Gasteiger partial charge in [-0.3, -0.25) is 0 Å². The van der Waals surface area contributed by atoms with Crippen molar-refractivity contribution in [3.63, 3.8) is 0 Å². The van der Waals surface area contributed by atoms with E-state index < -0.39 is 0 Å². The molecule has 0 aliphatic heterocycles. The molecule has 0 unspecified atom stereocenters. The zero-order valence-electron chi connectivity index (χ0n) is 9.23. The third-order valence-electron chi connectivity index (χ3n) is 2.10. The highest BCUT2D eigenvalue weighted by atomic mass is 35.5. The lowest BCUT2D eigenvalue weighted by molar-refractivity contribution is 0.217. The van der Waals surface area contributed by atoms with E-state index >= 15 is 0 Å². The summed E-state index contributed by atoms with van der Waals surface area (Å²) in [7, 11) is 0. The Balaban J connectivity index is 1.71. The van der Waals surface area contributed by atoms with Crippen molar-refractivity contribution in [1.29, 1.82) is 0 Å². The first-order valence-electron chi connectivity index (χ1n) is 5.32. The second kappa shape index (κ2) is 6.16. The number of hydrogen-bond donors (Lipinski definition) is 0. The number of para-hydroxylation sites is 1. The first-order valence-corrected chi connectivity index (χ1v) is 5.70. The Kier molecular flexibility index (Phi) is 4.28. The predicted octanol–water partition coefficient (Wildman–Crippen LogP) is 3.60. The molecule has 0 atom stereocenters. The third kappa shape index (κ3) is 4.00. The van der Waals surface area contributed by atoms with Crippen LogP contribution in [0.15, 0.2) is 48.5 Å². The van der Waals surface area contributed by atoms with Crippen LogP contribution >= 0.6 is 11.6 Å². The topological polar surface area (TPSA) is 18.5 Å². The van der Waals surface area contributed by atoms with Gasteiger partial charge in [0.05, 0.1) is 0 Å². The van der Waals surface area contributed by atoms with Crippen LogP contribution in [0.25, 0.3) is 0 Å². The third-order valence-corrected chi connectivity index (χ3v) is 2.36. The van der Waals surface area contributed by atoms with Crippen molar-refractivity contribution in [2.45, 2.75) is 0 Å². The van der Waals surface area contributed by atoms with Gasteiger partial charge in [-0.2, -0.15) is 0 Å².